The van der Waals surface area contributed by atoms with Crippen molar-refractivity contribution in [3.8, 4) is 5.75 Å². The first-order chi connectivity index (χ1) is 20.7. The maximum absolute atomic E-state index is 12.5. The van der Waals surface area contributed by atoms with Crippen molar-refractivity contribution in [1.82, 2.24) is 19.6 Å². The number of piperazine rings is 1. The SMILES string of the molecule is CC(C)(C)OC(=O)N1CCC2(CC1)CC(N1CCN(CC3(O)CCN(C(/C=C(\N)c4ccccc4O)=C(N)N)CC3)CC1)C2. The molecule has 244 valence electrons. The van der Waals surface area contributed by atoms with Gasteiger partial charge in [0.25, 0.3) is 0 Å². The van der Waals surface area contributed by atoms with Crippen molar-refractivity contribution in [2.24, 2.45) is 22.6 Å². The first-order valence-electron chi connectivity index (χ1n) is 16.2. The topological polar surface area (TPSA) is 158 Å². The summed E-state index contributed by atoms with van der Waals surface area (Å²) in [6.07, 6.45) is 7.32. The van der Waals surface area contributed by atoms with Gasteiger partial charge in [-0.15, -0.1) is 0 Å². The van der Waals surface area contributed by atoms with Gasteiger partial charge in [0.2, 0.25) is 0 Å². The van der Waals surface area contributed by atoms with E-state index in [1.165, 1.54) is 12.8 Å². The zero-order chi connectivity index (χ0) is 31.7. The number of likely N-dealkylation sites (tertiary alicyclic amines) is 2. The maximum Gasteiger partial charge on any atom is 0.410 e. The molecular weight excluding hydrogens is 558 g/mol. The van der Waals surface area contributed by atoms with Gasteiger partial charge in [-0.2, -0.15) is 0 Å². The van der Waals surface area contributed by atoms with Gasteiger partial charge in [0.1, 0.15) is 17.2 Å². The molecule has 1 spiro atoms. The van der Waals surface area contributed by atoms with Gasteiger partial charge >= 0.3 is 6.09 Å². The molecule has 44 heavy (non-hydrogen) atoms. The highest BCUT2D eigenvalue weighted by molar-refractivity contribution is 5.70. The standard InChI is InChI=1S/C33H53N7O4/c1-31(2,3)44-30(42)40-12-8-32(9-13-40)21-24(22-32)38-18-16-37(17-19-38)23-33(43)10-14-39(15-11-33)27(29(35)36)20-26(34)25-6-4-5-7-28(25)41/h4-7,20,24,41,43H,8-19,21-23,34-36H2,1-3H3/b26-20-. The first-order valence-corrected chi connectivity index (χ1v) is 16.2. The highest BCUT2D eigenvalue weighted by Crippen LogP contribution is 2.51. The number of nitrogens with zero attached hydrogens (tertiary/aromatic N) is 4. The quantitative estimate of drug-likeness (QED) is 0.303. The van der Waals surface area contributed by atoms with E-state index >= 15 is 0 Å². The Morgan fingerprint density at radius 2 is 1.52 bits per heavy atom. The van der Waals surface area contributed by atoms with Gasteiger partial charge in [-0.25, -0.2) is 4.79 Å². The number of benzene rings is 1. The zero-order valence-corrected chi connectivity index (χ0v) is 26.8. The summed E-state index contributed by atoms with van der Waals surface area (Å²) in [6, 6.07) is 7.53. The molecule has 1 amide bonds. The second-order valence-corrected chi connectivity index (χ2v) is 14.5. The number of aliphatic hydroxyl groups is 1. The molecule has 8 N–H and O–H groups in total. The summed E-state index contributed by atoms with van der Waals surface area (Å²) in [6.45, 7) is 13.2. The first kappa shape index (κ1) is 32.2. The van der Waals surface area contributed by atoms with E-state index in [0.29, 0.717) is 60.9 Å². The molecule has 3 aliphatic heterocycles. The van der Waals surface area contributed by atoms with Crippen LogP contribution in [0.1, 0.15) is 64.9 Å². The number of aromatic hydroxyl groups is 1. The normalized spacial score (nSPS) is 23.3. The molecule has 0 unspecified atom stereocenters. The van der Waals surface area contributed by atoms with E-state index in [1.807, 2.05) is 31.7 Å². The Kier molecular flexibility index (Phi) is 9.30. The van der Waals surface area contributed by atoms with Crippen molar-refractivity contribution in [1.29, 1.82) is 0 Å². The predicted octanol–water partition coefficient (Wildman–Crippen LogP) is 2.40. The number of para-hydroxylation sites is 1. The molecule has 1 aromatic carbocycles. The lowest BCUT2D eigenvalue weighted by Gasteiger charge is -2.56. The van der Waals surface area contributed by atoms with Crippen LogP contribution in [-0.4, -0.2) is 112 Å². The highest BCUT2D eigenvalue weighted by atomic mass is 16.6. The number of carbonyl (C=O) groups is 1. The fourth-order valence-electron chi connectivity index (χ4n) is 7.42. The smallest absolute Gasteiger partial charge is 0.410 e. The monoisotopic (exact) mass is 611 g/mol. The van der Waals surface area contributed by atoms with Crippen LogP contribution in [0.5, 0.6) is 5.75 Å². The van der Waals surface area contributed by atoms with E-state index in [1.54, 1.807) is 24.3 Å². The fourth-order valence-corrected chi connectivity index (χ4v) is 7.42. The summed E-state index contributed by atoms with van der Waals surface area (Å²) in [5, 5.41) is 21.7. The van der Waals surface area contributed by atoms with Gasteiger partial charge in [-0.05, 0) is 82.9 Å². The van der Waals surface area contributed by atoms with E-state index in [-0.39, 0.29) is 17.7 Å². The van der Waals surface area contributed by atoms with Crippen molar-refractivity contribution >= 4 is 11.8 Å². The van der Waals surface area contributed by atoms with Crippen molar-refractivity contribution in [2.75, 3.05) is 58.9 Å². The lowest BCUT2D eigenvalue weighted by molar-refractivity contribution is -0.0738. The minimum Gasteiger partial charge on any atom is -0.507 e. The molecule has 3 saturated heterocycles. The lowest BCUT2D eigenvalue weighted by Crippen LogP contribution is -2.61. The Hall–Kier alpha value is -3.15. The third kappa shape index (κ3) is 7.55. The Morgan fingerprint density at radius 1 is 0.932 bits per heavy atom. The van der Waals surface area contributed by atoms with Crippen molar-refractivity contribution in [2.45, 2.75) is 76.5 Å². The molecule has 4 aliphatic rings. The Labute approximate surface area is 262 Å². The summed E-state index contributed by atoms with van der Waals surface area (Å²) < 4.78 is 5.57. The van der Waals surface area contributed by atoms with Gasteiger partial charge in [0.15, 0.2) is 0 Å². The number of β-amino-alcohol motifs (C(OH)–C–C–N with tert-alkyl or cyclic N) is 1. The second-order valence-electron chi connectivity index (χ2n) is 14.5. The van der Waals surface area contributed by atoms with Crippen LogP contribution in [0, 0.1) is 5.41 Å². The number of ether oxygens (including phenoxy) is 1. The highest BCUT2D eigenvalue weighted by Gasteiger charge is 2.49. The van der Waals surface area contributed by atoms with Gasteiger partial charge < -0.3 is 42.0 Å². The summed E-state index contributed by atoms with van der Waals surface area (Å²) in [5.41, 5.74) is 19.1. The van der Waals surface area contributed by atoms with Gasteiger partial charge in [0, 0.05) is 76.2 Å². The van der Waals surface area contributed by atoms with Crippen LogP contribution in [0.2, 0.25) is 0 Å². The number of phenols is 1. The second kappa shape index (κ2) is 12.7. The minimum atomic E-state index is -0.761. The van der Waals surface area contributed by atoms with Crippen LogP contribution in [-0.2, 0) is 4.74 Å². The summed E-state index contributed by atoms with van der Waals surface area (Å²) in [4.78, 5) is 21.4. The zero-order valence-electron chi connectivity index (χ0n) is 26.8. The molecule has 1 aromatic rings. The maximum atomic E-state index is 12.5. The fraction of sp³-hybridized carbons (Fsp3) is 0.667. The average Bonchev–Trinajstić information content (AvgIpc) is 2.95. The molecule has 5 rings (SSSR count). The Morgan fingerprint density at radius 3 is 2.09 bits per heavy atom. The molecule has 11 nitrogen and oxygen atoms in total. The summed E-state index contributed by atoms with van der Waals surface area (Å²) in [5.74, 6) is 0.262. The molecule has 11 heteroatoms. The molecular formula is C33H53N7O4. The van der Waals surface area contributed by atoms with Crippen LogP contribution in [0.15, 0.2) is 41.9 Å². The van der Waals surface area contributed by atoms with Gasteiger partial charge in [-0.1, -0.05) is 12.1 Å². The van der Waals surface area contributed by atoms with Crippen molar-refractivity contribution < 1.29 is 19.7 Å². The molecule has 0 bridgehead atoms. The molecule has 0 radical (unpaired) electrons. The molecule has 0 aromatic heterocycles. The molecule has 1 aliphatic carbocycles. The van der Waals surface area contributed by atoms with Crippen LogP contribution in [0.4, 0.5) is 4.79 Å². The van der Waals surface area contributed by atoms with Gasteiger partial charge in [-0.3, -0.25) is 9.80 Å². The van der Waals surface area contributed by atoms with E-state index in [4.69, 9.17) is 21.9 Å². The largest absolute Gasteiger partial charge is 0.507 e. The molecule has 1 saturated carbocycles. The third-order valence-corrected chi connectivity index (χ3v) is 10.1. The van der Waals surface area contributed by atoms with E-state index in [0.717, 1.165) is 52.1 Å². The number of nitrogens with two attached hydrogens (primary N) is 3. The number of hydrogen-bond donors (Lipinski definition) is 5. The van der Waals surface area contributed by atoms with Gasteiger partial charge in [0.05, 0.1) is 11.3 Å². The molecule has 4 fully saturated rings. The van der Waals surface area contributed by atoms with Crippen LogP contribution in [0.25, 0.3) is 5.70 Å². The van der Waals surface area contributed by atoms with E-state index in [9.17, 15) is 15.0 Å². The molecule has 3 heterocycles. The van der Waals surface area contributed by atoms with Crippen LogP contribution < -0.4 is 17.2 Å². The number of carbonyl (C=O) groups excluding carboxylic acids is 1. The number of allylic oxidation sites excluding steroid dienone is 1. The van der Waals surface area contributed by atoms with Crippen LogP contribution in [0.3, 0.4) is 0 Å². The molecule has 0 atom stereocenters. The predicted molar refractivity (Wildman–Crippen MR) is 172 cm³/mol. The number of phenolic OH excluding ortho intramolecular Hbond substituents is 1. The summed E-state index contributed by atoms with van der Waals surface area (Å²) >= 11 is 0. The van der Waals surface area contributed by atoms with E-state index < -0.39 is 11.2 Å². The van der Waals surface area contributed by atoms with E-state index in [2.05, 4.69) is 14.7 Å². The van der Waals surface area contributed by atoms with Crippen molar-refractivity contribution in [3.63, 3.8) is 0 Å². The number of rotatable bonds is 6. The number of piperidine rings is 2. The minimum absolute atomic E-state index is 0.0988. The number of amides is 1. The average molecular weight is 612 g/mol. The van der Waals surface area contributed by atoms with Crippen LogP contribution >= 0.6 is 0 Å². The number of hydrogen-bond acceptors (Lipinski definition) is 10. The Balaban J connectivity index is 1.05. The Bertz CT molecular complexity index is 1220. The lowest BCUT2D eigenvalue weighted by atomic mass is 9.60. The third-order valence-electron chi connectivity index (χ3n) is 10.1. The summed E-state index contributed by atoms with van der Waals surface area (Å²) in [7, 11) is 0. The van der Waals surface area contributed by atoms with Crippen molar-refractivity contribution in [3.05, 3.63) is 47.4 Å².